The number of carboxylic acids is 1. The van der Waals surface area contributed by atoms with Gasteiger partial charge in [-0.1, -0.05) is 20.8 Å². The number of rotatable bonds is 7. The first-order chi connectivity index (χ1) is 9.81. The van der Waals surface area contributed by atoms with Gasteiger partial charge in [-0.25, -0.2) is 9.78 Å². The zero-order valence-corrected chi connectivity index (χ0v) is 13.7. The van der Waals surface area contributed by atoms with E-state index < -0.39 is 11.9 Å². The molecule has 0 aliphatic rings. The van der Waals surface area contributed by atoms with Crippen molar-refractivity contribution in [2.24, 2.45) is 5.92 Å². The minimum atomic E-state index is -0.904. The standard InChI is InChI=1S/C14H23N3O3S/c1-9(2)12-16-11(8-21-12)5-6-15-14(20)17(4)7-10(3)13(18)19/h8-10H,5-7H2,1-4H3,(H,15,20)(H,18,19). The zero-order chi connectivity index (χ0) is 16.0. The molecule has 6 nitrogen and oxygen atoms in total. The van der Waals surface area contributed by atoms with Crippen molar-refractivity contribution in [2.75, 3.05) is 20.1 Å². The van der Waals surface area contributed by atoms with Crippen LogP contribution in [0.5, 0.6) is 0 Å². The highest BCUT2D eigenvalue weighted by Gasteiger charge is 2.17. The van der Waals surface area contributed by atoms with Crippen LogP contribution in [-0.2, 0) is 11.2 Å². The Labute approximate surface area is 129 Å². The summed E-state index contributed by atoms with van der Waals surface area (Å²) in [6, 6.07) is -0.262. The average Bonchev–Trinajstić information content (AvgIpc) is 2.87. The number of nitrogens with zero attached hydrogens (tertiary/aromatic N) is 2. The number of thiazole rings is 1. The summed E-state index contributed by atoms with van der Waals surface area (Å²) >= 11 is 1.63. The van der Waals surface area contributed by atoms with Crippen molar-refractivity contribution in [1.29, 1.82) is 0 Å². The van der Waals surface area contributed by atoms with Crippen LogP contribution >= 0.6 is 11.3 Å². The second-order valence-electron chi connectivity index (χ2n) is 5.43. The molecule has 7 heteroatoms. The van der Waals surface area contributed by atoms with Crippen LogP contribution in [0.4, 0.5) is 4.79 Å². The number of carbonyl (C=O) groups is 2. The topological polar surface area (TPSA) is 82.5 Å². The van der Waals surface area contributed by atoms with Gasteiger partial charge < -0.3 is 15.3 Å². The summed E-state index contributed by atoms with van der Waals surface area (Å²) in [5, 5.41) is 14.7. The van der Waals surface area contributed by atoms with Crippen molar-refractivity contribution in [3.63, 3.8) is 0 Å². The van der Waals surface area contributed by atoms with Gasteiger partial charge in [-0.15, -0.1) is 11.3 Å². The second kappa shape index (κ2) is 7.97. The maximum atomic E-state index is 11.8. The molecule has 1 atom stereocenters. The monoisotopic (exact) mass is 313 g/mol. The Kier molecular flexibility index (Phi) is 6.61. The normalized spacial score (nSPS) is 12.2. The minimum absolute atomic E-state index is 0.190. The molecule has 1 rings (SSSR count). The number of hydrogen-bond donors (Lipinski definition) is 2. The summed E-state index contributed by atoms with van der Waals surface area (Å²) in [5.74, 6) is -1.06. The van der Waals surface area contributed by atoms with Crippen LogP contribution in [0.2, 0.25) is 0 Å². The van der Waals surface area contributed by atoms with Crippen molar-refractivity contribution >= 4 is 23.3 Å². The Morgan fingerprint density at radius 2 is 2.10 bits per heavy atom. The van der Waals surface area contributed by atoms with Gasteiger partial charge in [0.15, 0.2) is 0 Å². The maximum Gasteiger partial charge on any atom is 0.317 e. The Morgan fingerprint density at radius 1 is 1.43 bits per heavy atom. The predicted molar refractivity (Wildman–Crippen MR) is 82.7 cm³/mol. The third-order valence-electron chi connectivity index (χ3n) is 3.04. The van der Waals surface area contributed by atoms with Gasteiger partial charge in [0.05, 0.1) is 16.6 Å². The summed E-state index contributed by atoms with van der Waals surface area (Å²) in [4.78, 5) is 28.4. The zero-order valence-electron chi connectivity index (χ0n) is 12.9. The highest BCUT2D eigenvalue weighted by Crippen LogP contribution is 2.19. The van der Waals surface area contributed by atoms with Gasteiger partial charge in [0.2, 0.25) is 0 Å². The van der Waals surface area contributed by atoms with Gasteiger partial charge >= 0.3 is 12.0 Å². The molecule has 0 aliphatic heterocycles. The SMILES string of the molecule is CC(CN(C)C(=O)NCCc1csc(C(C)C)n1)C(=O)O. The molecule has 0 saturated carbocycles. The fraction of sp³-hybridized carbons (Fsp3) is 0.643. The molecule has 0 fully saturated rings. The fourth-order valence-electron chi connectivity index (χ4n) is 1.71. The molecule has 1 unspecified atom stereocenters. The van der Waals surface area contributed by atoms with E-state index in [-0.39, 0.29) is 12.6 Å². The minimum Gasteiger partial charge on any atom is -0.481 e. The Morgan fingerprint density at radius 3 is 2.62 bits per heavy atom. The largest absolute Gasteiger partial charge is 0.481 e. The summed E-state index contributed by atoms with van der Waals surface area (Å²) in [6.45, 7) is 6.46. The Hall–Kier alpha value is -1.63. The number of amides is 2. The first kappa shape index (κ1) is 17.4. The number of aromatic nitrogens is 1. The van der Waals surface area contributed by atoms with E-state index in [0.717, 1.165) is 10.7 Å². The number of carbonyl (C=O) groups excluding carboxylic acids is 1. The third kappa shape index (κ3) is 5.71. The highest BCUT2D eigenvalue weighted by molar-refractivity contribution is 7.09. The van der Waals surface area contributed by atoms with Gasteiger partial charge in [0.1, 0.15) is 0 Å². The summed E-state index contributed by atoms with van der Waals surface area (Å²) in [6.07, 6.45) is 0.678. The van der Waals surface area contributed by atoms with E-state index in [9.17, 15) is 9.59 Å². The van der Waals surface area contributed by atoms with Gasteiger partial charge in [-0.05, 0) is 0 Å². The Balaban J connectivity index is 2.33. The van der Waals surface area contributed by atoms with Gasteiger partial charge in [0.25, 0.3) is 0 Å². The summed E-state index contributed by atoms with van der Waals surface area (Å²) < 4.78 is 0. The van der Waals surface area contributed by atoms with Crippen LogP contribution in [0, 0.1) is 5.92 Å². The molecule has 0 aliphatic carbocycles. The molecular formula is C14H23N3O3S. The molecule has 1 heterocycles. The van der Waals surface area contributed by atoms with Crippen LogP contribution in [0.25, 0.3) is 0 Å². The van der Waals surface area contributed by atoms with E-state index in [1.54, 1.807) is 25.3 Å². The molecule has 0 bridgehead atoms. The van der Waals surface area contributed by atoms with E-state index in [1.807, 2.05) is 5.38 Å². The van der Waals surface area contributed by atoms with Gasteiger partial charge in [-0.3, -0.25) is 4.79 Å². The van der Waals surface area contributed by atoms with Crippen LogP contribution in [0.1, 0.15) is 37.4 Å². The van der Waals surface area contributed by atoms with E-state index in [4.69, 9.17) is 5.11 Å². The lowest BCUT2D eigenvalue weighted by Gasteiger charge is -2.19. The second-order valence-corrected chi connectivity index (χ2v) is 6.32. The fourth-order valence-corrected chi connectivity index (χ4v) is 2.58. The van der Waals surface area contributed by atoms with Gasteiger partial charge in [-0.2, -0.15) is 0 Å². The number of aliphatic carboxylic acids is 1. The van der Waals surface area contributed by atoms with Crippen molar-refractivity contribution in [3.8, 4) is 0 Å². The summed E-state index contributed by atoms with van der Waals surface area (Å²) in [5.41, 5.74) is 0.977. The molecule has 0 aromatic carbocycles. The highest BCUT2D eigenvalue weighted by atomic mass is 32.1. The summed E-state index contributed by atoms with van der Waals surface area (Å²) in [7, 11) is 1.59. The Bertz CT molecular complexity index is 488. The molecule has 2 N–H and O–H groups in total. The first-order valence-corrected chi connectivity index (χ1v) is 7.85. The first-order valence-electron chi connectivity index (χ1n) is 6.97. The van der Waals surface area contributed by atoms with Crippen LogP contribution in [-0.4, -0.2) is 47.1 Å². The molecule has 0 saturated heterocycles. The van der Waals surface area contributed by atoms with E-state index in [2.05, 4.69) is 24.1 Å². The lowest BCUT2D eigenvalue weighted by molar-refractivity contribution is -0.141. The van der Waals surface area contributed by atoms with E-state index in [1.165, 1.54) is 4.90 Å². The third-order valence-corrected chi connectivity index (χ3v) is 4.23. The molecule has 21 heavy (non-hydrogen) atoms. The maximum absolute atomic E-state index is 11.8. The van der Waals surface area contributed by atoms with Crippen molar-refractivity contribution in [1.82, 2.24) is 15.2 Å². The molecule has 1 aromatic heterocycles. The smallest absolute Gasteiger partial charge is 0.317 e. The van der Waals surface area contributed by atoms with Gasteiger partial charge in [0, 0.05) is 37.9 Å². The average molecular weight is 313 g/mol. The molecule has 1 aromatic rings. The van der Waals surface area contributed by atoms with Crippen LogP contribution in [0.15, 0.2) is 5.38 Å². The molecule has 2 amide bonds. The van der Waals surface area contributed by atoms with Crippen LogP contribution < -0.4 is 5.32 Å². The number of nitrogens with one attached hydrogen (secondary N) is 1. The van der Waals surface area contributed by atoms with E-state index in [0.29, 0.717) is 18.9 Å². The lowest BCUT2D eigenvalue weighted by Crippen LogP contribution is -2.41. The molecular weight excluding hydrogens is 290 g/mol. The lowest BCUT2D eigenvalue weighted by atomic mass is 10.2. The number of urea groups is 1. The number of hydrogen-bond acceptors (Lipinski definition) is 4. The van der Waals surface area contributed by atoms with Crippen molar-refractivity contribution < 1.29 is 14.7 Å². The molecule has 118 valence electrons. The van der Waals surface area contributed by atoms with Crippen LogP contribution in [0.3, 0.4) is 0 Å². The quantitative estimate of drug-likeness (QED) is 0.808. The molecule has 0 radical (unpaired) electrons. The van der Waals surface area contributed by atoms with Crippen molar-refractivity contribution in [2.45, 2.75) is 33.1 Å². The molecule has 0 spiro atoms. The number of carboxylic acid groups (broad SMARTS) is 1. The predicted octanol–water partition coefficient (Wildman–Crippen LogP) is 2.17. The van der Waals surface area contributed by atoms with Crippen molar-refractivity contribution in [3.05, 3.63) is 16.1 Å². The van der Waals surface area contributed by atoms with E-state index >= 15 is 0 Å².